The SMILES string of the molecule is Fc1ccc(N2CCOCC2)c(CCl)c1. The Balaban J connectivity index is 2.25. The molecule has 0 saturated carbocycles. The lowest BCUT2D eigenvalue weighted by atomic mass is 10.1. The van der Waals surface area contributed by atoms with Gasteiger partial charge in [-0.15, -0.1) is 11.6 Å². The fourth-order valence-electron chi connectivity index (χ4n) is 1.77. The summed E-state index contributed by atoms with van der Waals surface area (Å²) < 4.78 is 18.3. The maximum Gasteiger partial charge on any atom is 0.123 e. The smallest absolute Gasteiger partial charge is 0.123 e. The van der Waals surface area contributed by atoms with Crippen molar-refractivity contribution in [1.82, 2.24) is 0 Å². The van der Waals surface area contributed by atoms with Gasteiger partial charge in [0.2, 0.25) is 0 Å². The first-order valence-corrected chi connectivity index (χ1v) is 5.52. The van der Waals surface area contributed by atoms with Gasteiger partial charge in [0.05, 0.1) is 13.2 Å². The lowest BCUT2D eigenvalue weighted by Crippen LogP contribution is -2.36. The molecule has 1 aliphatic rings. The lowest BCUT2D eigenvalue weighted by Gasteiger charge is -2.30. The highest BCUT2D eigenvalue weighted by Gasteiger charge is 2.14. The molecule has 1 heterocycles. The molecule has 1 aliphatic heterocycles. The molecule has 82 valence electrons. The van der Waals surface area contributed by atoms with Crippen molar-refractivity contribution in [3.8, 4) is 0 Å². The number of ether oxygens (including phenoxy) is 1. The van der Waals surface area contributed by atoms with Crippen LogP contribution in [0.1, 0.15) is 5.56 Å². The topological polar surface area (TPSA) is 12.5 Å². The molecule has 4 heteroatoms. The van der Waals surface area contributed by atoms with Crippen LogP contribution in [0.25, 0.3) is 0 Å². The van der Waals surface area contributed by atoms with Gasteiger partial charge < -0.3 is 9.64 Å². The Morgan fingerprint density at radius 2 is 2.07 bits per heavy atom. The summed E-state index contributed by atoms with van der Waals surface area (Å²) >= 11 is 5.80. The summed E-state index contributed by atoms with van der Waals surface area (Å²) in [5.74, 6) is 0.104. The second-order valence-corrected chi connectivity index (χ2v) is 3.77. The van der Waals surface area contributed by atoms with Crippen molar-refractivity contribution in [3.05, 3.63) is 29.6 Å². The van der Waals surface area contributed by atoms with Crippen LogP contribution < -0.4 is 4.90 Å². The maximum absolute atomic E-state index is 13.0. The van der Waals surface area contributed by atoms with E-state index in [9.17, 15) is 4.39 Å². The molecule has 15 heavy (non-hydrogen) atoms. The van der Waals surface area contributed by atoms with Gasteiger partial charge in [0.25, 0.3) is 0 Å². The molecular formula is C11H13ClFNO. The molecule has 0 spiro atoms. The number of nitrogens with zero attached hydrogens (tertiary/aromatic N) is 1. The van der Waals surface area contributed by atoms with Crippen LogP contribution in [0.4, 0.5) is 10.1 Å². The van der Waals surface area contributed by atoms with Crippen molar-refractivity contribution in [1.29, 1.82) is 0 Å². The highest BCUT2D eigenvalue weighted by molar-refractivity contribution is 6.17. The van der Waals surface area contributed by atoms with Gasteiger partial charge in [-0.1, -0.05) is 0 Å². The summed E-state index contributed by atoms with van der Waals surface area (Å²) in [5.41, 5.74) is 1.87. The van der Waals surface area contributed by atoms with E-state index in [0.29, 0.717) is 5.88 Å². The average Bonchev–Trinajstić information content (AvgIpc) is 2.30. The first kappa shape index (κ1) is 10.7. The van der Waals surface area contributed by atoms with Crippen LogP contribution in [0.3, 0.4) is 0 Å². The van der Waals surface area contributed by atoms with E-state index in [1.165, 1.54) is 12.1 Å². The van der Waals surface area contributed by atoms with Crippen LogP contribution in [0.5, 0.6) is 0 Å². The zero-order chi connectivity index (χ0) is 10.7. The summed E-state index contributed by atoms with van der Waals surface area (Å²) in [5, 5.41) is 0. The molecule has 0 aromatic heterocycles. The molecule has 0 unspecified atom stereocenters. The molecule has 0 aliphatic carbocycles. The molecular weight excluding hydrogens is 217 g/mol. The predicted molar refractivity (Wildman–Crippen MR) is 59.0 cm³/mol. The van der Waals surface area contributed by atoms with E-state index in [1.54, 1.807) is 6.07 Å². The fraction of sp³-hybridized carbons (Fsp3) is 0.455. The largest absolute Gasteiger partial charge is 0.378 e. The molecule has 0 radical (unpaired) electrons. The van der Waals surface area contributed by atoms with Crippen molar-refractivity contribution in [2.45, 2.75) is 5.88 Å². The quantitative estimate of drug-likeness (QED) is 0.723. The van der Waals surface area contributed by atoms with Gasteiger partial charge in [-0.2, -0.15) is 0 Å². The fourth-order valence-corrected chi connectivity index (χ4v) is 1.99. The molecule has 0 atom stereocenters. The minimum absolute atomic E-state index is 0.234. The Bertz CT molecular complexity index is 339. The molecule has 1 aromatic rings. The van der Waals surface area contributed by atoms with E-state index < -0.39 is 0 Å². The standard InChI is InChI=1S/C11H13ClFNO/c12-8-9-7-10(13)1-2-11(9)14-3-5-15-6-4-14/h1-2,7H,3-6,8H2. The van der Waals surface area contributed by atoms with Crippen LogP contribution in [0.15, 0.2) is 18.2 Å². The number of rotatable bonds is 2. The predicted octanol–water partition coefficient (Wildman–Crippen LogP) is 2.40. The van der Waals surface area contributed by atoms with Crippen molar-refractivity contribution >= 4 is 17.3 Å². The summed E-state index contributed by atoms with van der Waals surface area (Å²) in [4.78, 5) is 2.18. The van der Waals surface area contributed by atoms with E-state index in [1.807, 2.05) is 0 Å². The van der Waals surface area contributed by atoms with Crippen molar-refractivity contribution in [2.24, 2.45) is 0 Å². The molecule has 2 nitrogen and oxygen atoms in total. The normalized spacial score (nSPS) is 16.8. The summed E-state index contributed by atoms with van der Waals surface area (Å²) in [6, 6.07) is 4.76. The Morgan fingerprint density at radius 3 is 2.73 bits per heavy atom. The first-order chi connectivity index (χ1) is 7.31. The number of morpholine rings is 1. The highest BCUT2D eigenvalue weighted by Crippen LogP contribution is 2.24. The van der Waals surface area contributed by atoms with Crippen LogP contribution in [-0.2, 0) is 10.6 Å². The highest BCUT2D eigenvalue weighted by atomic mass is 35.5. The minimum Gasteiger partial charge on any atom is -0.378 e. The number of alkyl halides is 1. The zero-order valence-corrected chi connectivity index (χ0v) is 9.13. The minimum atomic E-state index is -0.234. The Morgan fingerprint density at radius 1 is 1.33 bits per heavy atom. The van der Waals surface area contributed by atoms with Gasteiger partial charge in [0.1, 0.15) is 5.82 Å². The summed E-state index contributed by atoms with van der Waals surface area (Å²) in [7, 11) is 0. The third-order valence-electron chi connectivity index (χ3n) is 2.54. The van der Waals surface area contributed by atoms with Crippen LogP contribution in [0.2, 0.25) is 0 Å². The van der Waals surface area contributed by atoms with E-state index in [-0.39, 0.29) is 5.82 Å². The van der Waals surface area contributed by atoms with Crippen LogP contribution >= 0.6 is 11.6 Å². The lowest BCUT2D eigenvalue weighted by molar-refractivity contribution is 0.122. The molecule has 0 N–H and O–H groups in total. The number of anilines is 1. The Labute approximate surface area is 93.6 Å². The van der Waals surface area contributed by atoms with Gasteiger partial charge in [-0.25, -0.2) is 4.39 Å². The van der Waals surface area contributed by atoms with Gasteiger partial charge in [0, 0.05) is 24.7 Å². The molecule has 0 amide bonds. The monoisotopic (exact) mass is 229 g/mol. The Kier molecular flexibility index (Phi) is 3.44. The Hall–Kier alpha value is -0.800. The third kappa shape index (κ3) is 2.41. The molecule has 1 saturated heterocycles. The van der Waals surface area contributed by atoms with E-state index in [2.05, 4.69) is 4.90 Å². The van der Waals surface area contributed by atoms with Gasteiger partial charge in [-0.3, -0.25) is 0 Å². The molecule has 0 bridgehead atoms. The van der Waals surface area contributed by atoms with Crippen LogP contribution in [-0.4, -0.2) is 26.3 Å². The average molecular weight is 230 g/mol. The number of halogens is 2. The van der Waals surface area contributed by atoms with E-state index in [0.717, 1.165) is 37.6 Å². The van der Waals surface area contributed by atoms with Crippen molar-refractivity contribution in [2.75, 3.05) is 31.2 Å². The van der Waals surface area contributed by atoms with E-state index >= 15 is 0 Å². The first-order valence-electron chi connectivity index (χ1n) is 4.98. The van der Waals surface area contributed by atoms with E-state index in [4.69, 9.17) is 16.3 Å². The second kappa shape index (κ2) is 4.81. The number of hydrogen-bond acceptors (Lipinski definition) is 2. The maximum atomic E-state index is 13.0. The summed E-state index contributed by atoms with van der Waals surface area (Å²) in [6.07, 6.45) is 0. The number of benzene rings is 1. The second-order valence-electron chi connectivity index (χ2n) is 3.51. The van der Waals surface area contributed by atoms with Gasteiger partial charge in [-0.05, 0) is 23.8 Å². The van der Waals surface area contributed by atoms with Crippen LogP contribution in [0, 0.1) is 5.82 Å². The summed E-state index contributed by atoms with van der Waals surface area (Å²) in [6.45, 7) is 3.13. The molecule has 1 aromatic carbocycles. The molecule has 2 rings (SSSR count). The van der Waals surface area contributed by atoms with Gasteiger partial charge in [0.15, 0.2) is 0 Å². The number of hydrogen-bond donors (Lipinski definition) is 0. The van der Waals surface area contributed by atoms with Crippen molar-refractivity contribution < 1.29 is 9.13 Å². The van der Waals surface area contributed by atoms with Gasteiger partial charge >= 0.3 is 0 Å². The zero-order valence-electron chi connectivity index (χ0n) is 8.38. The third-order valence-corrected chi connectivity index (χ3v) is 2.83. The van der Waals surface area contributed by atoms with Crippen molar-refractivity contribution in [3.63, 3.8) is 0 Å². The molecule has 1 fully saturated rings.